The fraction of sp³-hybridized carbons (Fsp3) is 0. The van der Waals surface area contributed by atoms with Crippen molar-refractivity contribution in [2.45, 2.75) is 0 Å². The van der Waals surface area contributed by atoms with Crippen molar-refractivity contribution in [3.63, 3.8) is 0 Å². The Hall–Kier alpha value is -3.00. The molecule has 3 aromatic carbocycles. The van der Waals surface area contributed by atoms with E-state index < -0.39 is 0 Å². The van der Waals surface area contributed by atoms with Gasteiger partial charge in [-0.05, 0) is 29.8 Å². The molecule has 0 radical (unpaired) electrons. The molecule has 0 unspecified atom stereocenters. The average Bonchev–Trinajstić information content (AvgIpc) is 2.58. The number of benzene rings is 3. The van der Waals surface area contributed by atoms with Gasteiger partial charge < -0.3 is 10.2 Å². The molecular formula is C20H20O2. The van der Waals surface area contributed by atoms with Gasteiger partial charge >= 0.3 is 0 Å². The lowest BCUT2D eigenvalue weighted by molar-refractivity contribution is 0.475. The van der Waals surface area contributed by atoms with Gasteiger partial charge in [0.05, 0.1) is 0 Å². The second-order valence-electron chi connectivity index (χ2n) is 4.29. The first-order valence-corrected chi connectivity index (χ1v) is 6.88. The van der Waals surface area contributed by atoms with E-state index in [1.54, 1.807) is 48.5 Å². The van der Waals surface area contributed by atoms with Crippen LogP contribution in [0.4, 0.5) is 0 Å². The summed E-state index contributed by atoms with van der Waals surface area (Å²) >= 11 is 0. The van der Waals surface area contributed by atoms with E-state index in [9.17, 15) is 0 Å². The van der Waals surface area contributed by atoms with Gasteiger partial charge in [-0.15, -0.1) is 0 Å². The standard InChI is InChI=1S/C8H8.2C6H6O/c1-2-8-6-4-3-5-7-8;2*7-6-4-2-1-3-5-6/h2-7H,1H2;2*1-5,7H. The molecule has 0 aliphatic rings. The molecule has 3 rings (SSSR count). The zero-order chi connectivity index (χ0) is 16.0. The lowest BCUT2D eigenvalue weighted by Crippen LogP contribution is -1.63. The molecule has 0 atom stereocenters. The maximum absolute atomic E-state index is 8.63. The summed E-state index contributed by atoms with van der Waals surface area (Å²) in [5, 5.41) is 17.3. The highest BCUT2D eigenvalue weighted by molar-refractivity contribution is 5.45. The summed E-state index contributed by atoms with van der Waals surface area (Å²) in [5.41, 5.74) is 1.17. The number of phenolic OH excluding ortho intramolecular Hbond substituents is 2. The Morgan fingerprint density at radius 1 is 0.545 bits per heavy atom. The molecule has 2 heteroatoms. The SMILES string of the molecule is C=Cc1ccccc1.Oc1ccccc1.Oc1ccccc1. The van der Waals surface area contributed by atoms with Gasteiger partial charge in [-0.1, -0.05) is 79.4 Å². The summed E-state index contributed by atoms with van der Waals surface area (Å²) in [5.74, 6) is 0.644. The third kappa shape index (κ3) is 8.23. The van der Waals surface area contributed by atoms with Crippen LogP contribution < -0.4 is 0 Å². The van der Waals surface area contributed by atoms with Crippen molar-refractivity contribution >= 4 is 6.08 Å². The molecule has 0 amide bonds. The molecule has 0 bridgehead atoms. The zero-order valence-electron chi connectivity index (χ0n) is 12.3. The third-order valence-electron chi connectivity index (χ3n) is 2.55. The predicted molar refractivity (Wildman–Crippen MR) is 92.7 cm³/mol. The van der Waals surface area contributed by atoms with Crippen LogP contribution in [-0.4, -0.2) is 10.2 Å². The minimum Gasteiger partial charge on any atom is -0.508 e. The number of rotatable bonds is 1. The van der Waals surface area contributed by atoms with Gasteiger partial charge in [0.1, 0.15) is 11.5 Å². The summed E-state index contributed by atoms with van der Waals surface area (Å²) in [6.45, 7) is 3.63. The van der Waals surface area contributed by atoms with Crippen LogP contribution in [0.1, 0.15) is 5.56 Å². The number of aromatic hydroxyl groups is 2. The minimum absolute atomic E-state index is 0.322. The van der Waals surface area contributed by atoms with E-state index in [-0.39, 0.29) is 0 Å². The van der Waals surface area contributed by atoms with E-state index >= 15 is 0 Å². The molecule has 0 saturated heterocycles. The smallest absolute Gasteiger partial charge is 0.115 e. The van der Waals surface area contributed by atoms with Crippen LogP contribution in [0.5, 0.6) is 11.5 Å². The molecule has 3 aromatic rings. The summed E-state index contributed by atoms with van der Waals surface area (Å²) in [7, 11) is 0. The van der Waals surface area contributed by atoms with Gasteiger partial charge in [0.25, 0.3) is 0 Å². The molecule has 0 aliphatic heterocycles. The highest BCUT2D eigenvalue weighted by Gasteiger charge is 1.76. The van der Waals surface area contributed by atoms with Gasteiger partial charge in [0, 0.05) is 0 Å². The fourth-order valence-corrected chi connectivity index (χ4v) is 1.45. The van der Waals surface area contributed by atoms with Crippen LogP contribution in [0.3, 0.4) is 0 Å². The first-order valence-electron chi connectivity index (χ1n) is 6.88. The Morgan fingerprint density at radius 3 is 1.05 bits per heavy atom. The average molecular weight is 292 g/mol. The van der Waals surface area contributed by atoms with Crippen LogP contribution in [0.15, 0.2) is 97.6 Å². The van der Waals surface area contributed by atoms with Crippen LogP contribution in [0.2, 0.25) is 0 Å². The highest BCUT2D eigenvalue weighted by Crippen LogP contribution is 2.03. The Kier molecular flexibility index (Phi) is 8.33. The normalized spacial score (nSPS) is 8.55. The summed E-state index contributed by atoms with van der Waals surface area (Å²) in [4.78, 5) is 0. The fourth-order valence-electron chi connectivity index (χ4n) is 1.45. The van der Waals surface area contributed by atoms with E-state index in [4.69, 9.17) is 10.2 Å². The topological polar surface area (TPSA) is 40.5 Å². The minimum atomic E-state index is 0.322. The number of para-hydroxylation sites is 2. The van der Waals surface area contributed by atoms with Crippen molar-refractivity contribution in [1.82, 2.24) is 0 Å². The first-order chi connectivity index (χ1) is 10.7. The van der Waals surface area contributed by atoms with E-state index in [0.717, 1.165) is 0 Å². The van der Waals surface area contributed by atoms with Crippen LogP contribution in [-0.2, 0) is 0 Å². The van der Waals surface area contributed by atoms with Gasteiger partial charge in [-0.25, -0.2) is 0 Å². The molecule has 2 nitrogen and oxygen atoms in total. The van der Waals surface area contributed by atoms with Crippen molar-refractivity contribution in [2.24, 2.45) is 0 Å². The molecule has 0 aliphatic carbocycles. The molecule has 2 N–H and O–H groups in total. The Balaban J connectivity index is 0.000000166. The van der Waals surface area contributed by atoms with Crippen LogP contribution in [0, 0.1) is 0 Å². The van der Waals surface area contributed by atoms with Gasteiger partial charge in [0.2, 0.25) is 0 Å². The molecular weight excluding hydrogens is 272 g/mol. The van der Waals surface area contributed by atoms with Crippen molar-refractivity contribution in [3.05, 3.63) is 103 Å². The summed E-state index contributed by atoms with van der Waals surface area (Å²) < 4.78 is 0. The summed E-state index contributed by atoms with van der Waals surface area (Å²) in [6.07, 6.45) is 1.83. The lowest BCUT2D eigenvalue weighted by atomic mass is 10.2. The molecule has 0 spiro atoms. The zero-order valence-corrected chi connectivity index (χ0v) is 12.3. The number of hydrogen-bond donors (Lipinski definition) is 2. The Morgan fingerprint density at radius 2 is 0.864 bits per heavy atom. The maximum atomic E-state index is 8.63. The lowest BCUT2D eigenvalue weighted by Gasteiger charge is -1.85. The maximum Gasteiger partial charge on any atom is 0.115 e. The van der Waals surface area contributed by atoms with Crippen molar-refractivity contribution in [3.8, 4) is 11.5 Å². The first kappa shape index (κ1) is 17.1. The van der Waals surface area contributed by atoms with Gasteiger partial charge in [0.15, 0.2) is 0 Å². The molecule has 0 fully saturated rings. The number of hydrogen-bond acceptors (Lipinski definition) is 2. The van der Waals surface area contributed by atoms with Crippen molar-refractivity contribution in [2.75, 3.05) is 0 Å². The third-order valence-corrected chi connectivity index (χ3v) is 2.55. The van der Waals surface area contributed by atoms with E-state index in [0.29, 0.717) is 11.5 Å². The van der Waals surface area contributed by atoms with E-state index in [2.05, 4.69) is 6.58 Å². The van der Waals surface area contributed by atoms with E-state index in [1.807, 2.05) is 48.5 Å². The number of phenols is 2. The Labute approximate surface area is 131 Å². The van der Waals surface area contributed by atoms with Crippen molar-refractivity contribution < 1.29 is 10.2 Å². The van der Waals surface area contributed by atoms with Crippen LogP contribution >= 0.6 is 0 Å². The monoisotopic (exact) mass is 292 g/mol. The second-order valence-corrected chi connectivity index (χ2v) is 4.29. The predicted octanol–water partition coefficient (Wildman–Crippen LogP) is 5.11. The van der Waals surface area contributed by atoms with Gasteiger partial charge in [-0.3, -0.25) is 0 Å². The molecule has 0 heterocycles. The molecule has 0 saturated carbocycles. The second kappa shape index (κ2) is 10.7. The van der Waals surface area contributed by atoms with Crippen LogP contribution in [0.25, 0.3) is 6.08 Å². The molecule has 0 aromatic heterocycles. The quantitative estimate of drug-likeness (QED) is 0.654. The highest BCUT2D eigenvalue weighted by atomic mass is 16.3. The largest absolute Gasteiger partial charge is 0.508 e. The molecule has 22 heavy (non-hydrogen) atoms. The molecule has 112 valence electrons. The van der Waals surface area contributed by atoms with E-state index in [1.165, 1.54) is 5.56 Å². The van der Waals surface area contributed by atoms with Crippen molar-refractivity contribution in [1.29, 1.82) is 0 Å². The Bertz CT molecular complexity index is 582. The summed E-state index contributed by atoms with van der Waals surface area (Å²) in [6, 6.07) is 27.5. The van der Waals surface area contributed by atoms with Gasteiger partial charge in [-0.2, -0.15) is 0 Å².